The summed E-state index contributed by atoms with van der Waals surface area (Å²) in [4.78, 5) is 8.49. The molecule has 2 rings (SSSR count). The number of nitrogens with one attached hydrogen (secondary N) is 2. The summed E-state index contributed by atoms with van der Waals surface area (Å²) in [5.74, 6) is 1.79. The van der Waals surface area contributed by atoms with Crippen LogP contribution in [0.2, 0.25) is 0 Å². The van der Waals surface area contributed by atoms with Gasteiger partial charge in [0.05, 0.1) is 0 Å². The maximum atomic E-state index is 4.27. The molecule has 0 atom stereocenters. The third kappa shape index (κ3) is 3.67. The van der Waals surface area contributed by atoms with Gasteiger partial charge in [0, 0.05) is 37.6 Å². The van der Waals surface area contributed by atoms with E-state index in [9.17, 15) is 0 Å². The van der Waals surface area contributed by atoms with Crippen LogP contribution in [-0.4, -0.2) is 32.8 Å². The van der Waals surface area contributed by atoms with Gasteiger partial charge in [-0.1, -0.05) is 0 Å². The van der Waals surface area contributed by atoms with Gasteiger partial charge in [0.25, 0.3) is 0 Å². The van der Waals surface area contributed by atoms with Crippen molar-refractivity contribution in [3.8, 4) is 0 Å². The van der Waals surface area contributed by atoms with Crippen LogP contribution in [0.5, 0.6) is 0 Å². The average Bonchev–Trinajstić information content (AvgIpc) is 2.92. The molecule has 0 amide bonds. The predicted octanol–water partition coefficient (Wildman–Crippen LogP) is 1.92. The number of aryl methyl sites for hydroxylation is 1. The van der Waals surface area contributed by atoms with Crippen molar-refractivity contribution < 1.29 is 0 Å². The highest BCUT2D eigenvalue weighted by molar-refractivity contribution is 5.56. The quantitative estimate of drug-likeness (QED) is 0.744. The Hall–Kier alpha value is -2.11. The topological polar surface area (TPSA) is 67.7 Å². The van der Waals surface area contributed by atoms with Gasteiger partial charge in [0.1, 0.15) is 18.0 Å². The molecule has 0 bridgehead atoms. The van der Waals surface area contributed by atoms with E-state index in [1.54, 1.807) is 12.5 Å². The Balaban J connectivity index is 1.83. The molecule has 0 fully saturated rings. The zero-order chi connectivity index (χ0) is 13.5. The summed E-state index contributed by atoms with van der Waals surface area (Å²) in [7, 11) is 0. The predicted molar refractivity (Wildman–Crippen MR) is 76.3 cm³/mol. The van der Waals surface area contributed by atoms with Gasteiger partial charge >= 0.3 is 0 Å². The fourth-order valence-corrected chi connectivity index (χ4v) is 1.85. The molecule has 0 radical (unpaired) electrons. The van der Waals surface area contributed by atoms with Gasteiger partial charge in [-0.05, 0) is 26.3 Å². The van der Waals surface area contributed by atoms with E-state index >= 15 is 0 Å². The molecule has 0 saturated carbocycles. The van der Waals surface area contributed by atoms with Gasteiger partial charge in [0.2, 0.25) is 0 Å². The van der Waals surface area contributed by atoms with E-state index in [0.717, 1.165) is 43.3 Å². The van der Waals surface area contributed by atoms with Crippen molar-refractivity contribution in [1.29, 1.82) is 0 Å². The van der Waals surface area contributed by atoms with E-state index in [-0.39, 0.29) is 0 Å². The average molecular weight is 260 g/mol. The molecule has 2 aromatic rings. The third-order valence-corrected chi connectivity index (χ3v) is 2.84. The maximum absolute atomic E-state index is 4.27. The van der Waals surface area contributed by atoms with Crippen molar-refractivity contribution in [3.05, 3.63) is 30.4 Å². The number of hydrogen-bond donors (Lipinski definition) is 2. The summed E-state index contributed by atoms with van der Waals surface area (Å²) in [6.45, 7) is 6.70. The van der Waals surface area contributed by atoms with Crippen LogP contribution < -0.4 is 10.6 Å². The summed E-state index contributed by atoms with van der Waals surface area (Å²) in [5, 5.41) is 10.7. The Morgan fingerprint density at radius 1 is 1.21 bits per heavy atom. The minimum Gasteiger partial charge on any atom is -0.370 e. The summed E-state index contributed by atoms with van der Waals surface area (Å²) in [6, 6.07) is 1.94. The molecule has 0 aliphatic heterocycles. The Kier molecular flexibility index (Phi) is 4.72. The van der Waals surface area contributed by atoms with Crippen LogP contribution in [0.15, 0.2) is 24.8 Å². The largest absolute Gasteiger partial charge is 0.370 e. The van der Waals surface area contributed by atoms with E-state index in [0.29, 0.717) is 0 Å². The summed E-state index contributed by atoms with van der Waals surface area (Å²) >= 11 is 0. The first-order valence-corrected chi connectivity index (χ1v) is 6.58. The van der Waals surface area contributed by atoms with Crippen molar-refractivity contribution >= 4 is 11.6 Å². The van der Waals surface area contributed by atoms with Crippen molar-refractivity contribution in [2.24, 2.45) is 0 Å². The normalized spacial score (nSPS) is 10.4. The molecular weight excluding hydrogens is 240 g/mol. The molecule has 0 spiro atoms. The van der Waals surface area contributed by atoms with Gasteiger partial charge in [-0.15, -0.1) is 0 Å². The van der Waals surface area contributed by atoms with Crippen molar-refractivity contribution in [1.82, 2.24) is 19.7 Å². The summed E-state index contributed by atoms with van der Waals surface area (Å²) in [6.07, 6.45) is 6.35. The van der Waals surface area contributed by atoms with E-state index in [2.05, 4.69) is 32.6 Å². The SMILES string of the molecule is CCNc1ncnc(NCCCn2cccn2)c1C. The van der Waals surface area contributed by atoms with Gasteiger partial charge < -0.3 is 10.6 Å². The Morgan fingerprint density at radius 2 is 2.00 bits per heavy atom. The summed E-state index contributed by atoms with van der Waals surface area (Å²) < 4.78 is 1.93. The molecule has 0 unspecified atom stereocenters. The number of hydrogen-bond acceptors (Lipinski definition) is 5. The number of rotatable bonds is 7. The molecule has 0 saturated heterocycles. The zero-order valence-corrected chi connectivity index (χ0v) is 11.4. The lowest BCUT2D eigenvalue weighted by molar-refractivity contribution is 0.591. The lowest BCUT2D eigenvalue weighted by Gasteiger charge is -2.11. The monoisotopic (exact) mass is 260 g/mol. The number of anilines is 2. The van der Waals surface area contributed by atoms with Crippen LogP contribution in [0, 0.1) is 6.92 Å². The number of nitrogens with zero attached hydrogens (tertiary/aromatic N) is 4. The maximum Gasteiger partial charge on any atom is 0.134 e. The molecular formula is C13H20N6. The molecule has 2 aromatic heterocycles. The van der Waals surface area contributed by atoms with Gasteiger partial charge in [-0.25, -0.2) is 9.97 Å². The highest BCUT2D eigenvalue weighted by Crippen LogP contribution is 2.17. The lowest BCUT2D eigenvalue weighted by Crippen LogP contribution is -2.11. The Morgan fingerprint density at radius 3 is 2.68 bits per heavy atom. The third-order valence-electron chi connectivity index (χ3n) is 2.84. The minimum atomic E-state index is 0.858. The van der Waals surface area contributed by atoms with E-state index < -0.39 is 0 Å². The Labute approximate surface area is 113 Å². The lowest BCUT2D eigenvalue weighted by atomic mass is 10.3. The molecule has 0 aliphatic rings. The van der Waals surface area contributed by atoms with Gasteiger partial charge in [0.15, 0.2) is 0 Å². The molecule has 2 heterocycles. The molecule has 6 heteroatoms. The standard InChI is InChI=1S/C13H20N6/c1-3-14-12-11(2)13(17-10-16-12)15-6-4-8-19-9-5-7-18-19/h5,7,9-10H,3-4,6,8H2,1-2H3,(H2,14,15,16,17). The minimum absolute atomic E-state index is 0.858. The second kappa shape index (κ2) is 6.72. The van der Waals surface area contributed by atoms with Crippen LogP contribution in [-0.2, 0) is 6.54 Å². The molecule has 2 N–H and O–H groups in total. The highest BCUT2D eigenvalue weighted by Gasteiger charge is 2.05. The first kappa shape index (κ1) is 13.3. The van der Waals surface area contributed by atoms with Crippen LogP contribution in [0.1, 0.15) is 18.9 Å². The Bertz CT molecular complexity index is 494. The van der Waals surface area contributed by atoms with Gasteiger partial charge in [-0.2, -0.15) is 5.10 Å². The van der Waals surface area contributed by atoms with Crippen molar-refractivity contribution in [2.75, 3.05) is 23.7 Å². The fraction of sp³-hybridized carbons (Fsp3) is 0.462. The summed E-state index contributed by atoms with van der Waals surface area (Å²) in [5.41, 5.74) is 1.06. The molecule has 0 aliphatic carbocycles. The van der Waals surface area contributed by atoms with Crippen molar-refractivity contribution in [3.63, 3.8) is 0 Å². The smallest absolute Gasteiger partial charge is 0.134 e. The first-order chi connectivity index (χ1) is 9.31. The zero-order valence-electron chi connectivity index (χ0n) is 11.4. The molecule has 102 valence electrons. The molecule has 19 heavy (non-hydrogen) atoms. The van der Waals surface area contributed by atoms with Crippen LogP contribution in [0.3, 0.4) is 0 Å². The van der Waals surface area contributed by atoms with E-state index in [1.807, 2.05) is 23.9 Å². The van der Waals surface area contributed by atoms with Crippen LogP contribution in [0.25, 0.3) is 0 Å². The second-order valence-electron chi connectivity index (χ2n) is 4.28. The molecule has 6 nitrogen and oxygen atoms in total. The van der Waals surface area contributed by atoms with Crippen LogP contribution in [0.4, 0.5) is 11.6 Å². The highest BCUT2D eigenvalue weighted by atomic mass is 15.3. The second-order valence-corrected chi connectivity index (χ2v) is 4.28. The first-order valence-electron chi connectivity index (χ1n) is 6.58. The van der Waals surface area contributed by atoms with Gasteiger partial charge in [-0.3, -0.25) is 4.68 Å². The van der Waals surface area contributed by atoms with Crippen molar-refractivity contribution in [2.45, 2.75) is 26.8 Å². The van der Waals surface area contributed by atoms with E-state index in [4.69, 9.17) is 0 Å². The van der Waals surface area contributed by atoms with E-state index in [1.165, 1.54) is 0 Å². The molecule has 0 aromatic carbocycles. The van der Waals surface area contributed by atoms with Crippen LogP contribution >= 0.6 is 0 Å². The fourth-order valence-electron chi connectivity index (χ4n) is 1.85. The number of aromatic nitrogens is 4.